The smallest absolute Gasteiger partial charge is 0.341 e. The lowest BCUT2D eigenvalue weighted by Crippen LogP contribution is -2.41. The van der Waals surface area contributed by atoms with E-state index in [1.807, 2.05) is 41.3 Å². The van der Waals surface area contributed by atoms with Crippen molar-refractivity contribution < 1.29 is 9.36 Å². The molecular formula is C21H19N3OS2. The van der Waals surface area contributed by atoms with E-state index in [2.05, 4.69) is 27.1 Å². The van der Waals surface area contributed by atoms with Gasteiger partial charge < -0.3 is 12.6 Å². The summed E-state index contributed by atoms with van der Waals surface area (Å²) in [6.07, 6.45) is 2.08. The highest BCUT2D eigenvalue weighted by Crippen LogP contribution is 2.28. The first-order chi connectivity index (χ1) is 13.2. The fraction of sp³-hybridized carbons (Fsp3) is 0.190. The minimum absolute atomic E-state index is 0.295. The molecule has 4 nitrogen and oxygen atoms in total. The molecule has 0 unspecified atom stereocenters. The Morgan fingerprint density at radius 3 is 2.48 bits per heavy atom. The van der Waals surface area contributed by atoms with Crippen LogP contribution in [-0.2, 0) is 19.2 Å². The monoisotopic (exact) mass is 393 g/mol. The molecule has 0 aliphatic carbocycles. The maximum Gasteiger partial charge on any atom is 0.341 e. The zero-order chi connectivity index (χ0) is 18.6. The molecule has 0 saturated carbocycles. The van der Waals surface area contributed by atoms with E-state index in [9.17, 15) is 4.79 Å². The second kappa shape index (κ2) is 7.98. The van der Waals surface area contributed by atoms with Crippen LogP contribution in [0.2, 0.25) is 0 Å². The SMILES string of the molecule is O=C(N=C([S-])N1CCCC[n+]2c(-c3ccccc3)csc21)c1ccccc1. The summed E-state index contributed by atoms with van der Waals surface area (Å²) in [5.41, 5.74) is 2.92. The molecular weight excluding hydrogens is 374 g/mol. The number of aliphatic imine (C=N–C) groups is 1. The zero-order valence-corrected chi connectivity index (χ0v) is 16.4. The third kappa shape index (κ3) is 3.77. The number of thiazole rings is 1. The predicted octanol–water partition coefficient (Wildman–Crippen LogP) is 4.05. The van der Waals surface area contributed by atoms with Crippen LogP contribution in [0, 0.1) is 0 Å². The Morgan fingerprint density at radius 1 is 1.04 bits per heavy atom. The molecule has 6 heteroatoms. The normalized spacial score (nSPS) is 14.5. The number of amides is 1. The lowest BCUT2D eigenvalue weighted by atomic mass is 10.2. The van der Waals surface area contributed by atoms with Crippen molar-refractivity contribution in [3.05, 3.63) is 71.6 Å². The standard InChI is InChI=1S/C21H19N3OS2/c25-19(17-11-5-2-6-12-17)22-20(26)24-14-8-7-13-23-18(15-27-21(23)24)16-9-3-1-4-10-16/h1-6,9-12,15H,7-8,13-14H2. The summed E-state index contributed by atoms with van der Waals surface area (Å²) < 4.78 is 2.29. The second-order valence-electron chi connectivity index (χ2n) is 6.35. The van der Waals surface area contributed by atoms with Crippen molar-refractivity contribution >= 4 is 40.2 Å². The van der Waals surface area contributed by atoms with Gasteiger partial charge in [0.1, 0.15) is 5.69 Å². The molecule has 0 bridgehead atoms. The molecule has 0 spiro atoms. The minimum atomic E-state index is -0.295. The molecule has 27 heavy (non-hydrogen) atoms. The number of hydrogen-bond acceptors (Lipinski definition) is 3. The van der Waals surface area contributed by atoms with Gasteiger partial charge in [0, 0.05) is 16.5 Å². The van der Waals surface area contributed by atoms with Crippen LogP contribution in [0.5, 0.6) is 0 Å². The molecule has 3 aromatic rings. The molecule has 0 N–H and O–H groups in total. The number of carbonyl (C=O) groups excluding carboxylic acids is 1. The summed E-state index contributed by atoms with van der Waals surface area (Å²) in [4.78, 5) is 18.6. The molecule has 2 aromatic carbocycles. The number of fused-ring (bicyclic) bond motifs is 1. The molecule has 1 aliphatic heterocycles. The van der Waals surface area contributed by atoms with E-state index in [-0.39, 0.29) is 5.91 Å². The Kier molecular flexibility index (Phi) is 5.27. The van der Waals surface area contributed by atoms with Crippen LogP contribution in [0.4, 0.5) is 5.13 Å². The maximum absolute atomic E-state index is 12.4. The predicted molar refractivity (Wildman–Crippen MR) is 112 cm³/mol. The number of carbonyl (C=O) groups is 1. The lowest BCUT2D eigenvalue weighted by molar-refractivity contribution is -0.668. The van der Waals surface area contributed by atoms with Crippen molar-refractivity contribution in [1.82, 2.24) is 0 Å². The van der Waals surface area contributed by atoms with Gasteiger partial charge in [0.15, 0.2) is 0 Å². The summed E-state index contributed by atoms with van der Waals surface area (Å²) in [5, 5.41) is 3.53. The summed E-state index contributed by atoms with van der Waals surface area (Å²) in [6, 6.07) is 19.4. The number of amidine groups is 1. The van der Waals surface area contributed by atoms with Crippen LogP contribution < -0.4 is 9.47 Å². The number of anilines is 1. The third-order valence-corrected chi connectivity index (χ3v) is 5.86. The van der Waals surface area contributed by atoms with Gasteiger partial charge in [-0.25, -0.2) is 9.47 Å². The lowest BCUT2D eigenvalue weighted by Gasteiger charge is -2.20. The van der Waals surface area contributed by atoms with Crippen molar-refractivity contribution in [1.29, 1.82) is 0 Å². The number of hydrogen-bond donors (Lipinski definition) is 0. The van der Waals surface area contributed by atoms with Crippen LogP contribution in [0.15, 0.2) is 71.0 Å². The van der Waals surface area contributed by atoms with E-state index in [1.165, 1.54) is 11.3 Å². The van der Waals surface area contributed by atoms with Crippen molar-refractivity contribution in [2.45, 2.75) is 19.4 Å². The average molecular weight is 394 g/mol. The number of benzene rings is 2. The van der Waals surface area contributed by atoms with Crippen LogP contribution >= 0.6 is 11.3 Å². The highest BCUT2D eigenvalue weighted by atomic mass is 32.1. The second-order valence-corrected chi connectivity index (χ2v) is 7.55. The first-order valence-electron chi connectivity index (χ1n) is 8.93. The van der Waals surface area contributed by atoms with Crippen LogP contribution in [0.25, 0.3) is 11.3 Å². The molecule has 2 heterocycles. The summed E-state index contributed by atoms with van der Waals surface area (Å²) in [5.74, 6) is -0.295. The van der Waals surface area contributed by atoms with Crippen molar-refractivity contribution in [3.8, 4) is 11.3 Å². The Hall–Kier alpha value is -2.57. The minimum Gasteiger partial charge on any atom is -0.716 e. The molecule has 0 atom stereocenters. The van der Waals surface area contributed by atoms with E-state index >= 15 is 0 Å². The van der Waals surface area contributed by atoms with Crippen molar-refractivity contribution in [3.63, 3.8) is 0 Å². The van der Waals surface area contributed by atoms with Gasteiger partial charge in [-0.05, 0) is 25.0 Å². The fourth-order valence-corrected chi connectivity index (χ4v) is 4.62. The number of nitrogens with zero attached hydrogens (tertiary/aromatic N) is 3. The van der Waals surface area contributed by atoms with Gasteiger partial charge in [-0.1, -0.05) is 59.9 Å². The molecule has 4 rings (SSSR count). The summed E-state index contributed by atoms with van der Waals surface area (Å²) in [6.45, 7) is 1.72. The first kappa shape index (κ1) is 17.8. The molecule has 136 valence electrons. The Morgan fingerprint density at radius 2 is 1.74 bits per heavy atom. The first-order valence-corrected chi connectivity index (χ1v) is 10.2. The quantitative estimate of drug-likeness (QED) is 0.285. The van der Waals surface area contributed by atoms with Gasteiger partial charge in [0.2, 0.25) is 0 Å². The molecule has 0 fully saturated rings. The van der Waals surface area contributed by atoms with Crippen molar-refractivity contribution in [2.75, 3.05) is 11.4 Å². The molecule has 1 aromatic heterocycles. The van der Waals surface area contributed by atoms with E-state index in [0.29, 0.717) is 10.7 Å². The summed E-state index contributed by atoms with van der Waals surface area (Å²) >= 11 is 7.19. The highest BCUT2D eigenvalue weighted by Gasteiger charge is 2.28. The van der Waals surface area contributed by atoms with E-state index in [1.54, 1.807) is 23.5 Å². The van der Waals surface area contributed by atoms with Crippen molar-refractivity contribution in [2.24, 2.45) is 4.99 Å². The Balaban J connectivity index is 1.68. The zero-order valence-electron chi connectivity index (χ0n) is 14.7. The third-order valence-electron chi connectivity index (χ3n) is 4.56. The Labute approximate surface area is 168 Å². The Bertz CT molecular complexity index is 968. The number of aromatic nitrogens is 1. The van der Waals surface area contributed by atoms with Gasteiger partial charge in [0.05, 0.1) is 18.3 Å². The molecule has 1 amide bonds. The van der Waals surface area contributed by atoms with Gasteiger partial charge in [-0.3, -0.25) is 4.79 Å². The highest BCUT2D eigenvalue weighted by molar-refractivity contribution is 7.78. The van der Waals surface area contributed by atoms with E-state index in [0.717, 1.165) is 31.1 Å². The molecule has 0 saturated heterocycles. The largest absolute Gasteiger partial charge is 0.716 e. The molecule has 0 radical (unpaired) electrons. The van der Waals surface area contributed by atoms with Gasteiger partial charge in [0.25, 0.3) is 5.91 Å². The fourth-order valence-electron chi connectivity index (χ4n) is 3.20. The van der Waals surface area contributed by atoms with Crippen LogP contribution in [0.1, 0.15) is 23.2 Å². The van der Waals surface area contributed by atoms with E-state index < -0.39 is 0 Å². The van der Waals surface area contributed by atoms with Gasteiger partial charge in [-0.2, -0.15) is 4.99 Å². The van der Waals surface area contributed by atoms with Gasteiger partial charge in [-0.15, -0.1) is 0 Å². The topological polar surface area (TPSA) is 36.6 Å². The maximum atomic E-state index is 12.4. The van der Waals surface area contributed by atoms with E-state index in [4.69, 9.17) is 12.6 Å². The average Bonchev–Trinajstić information content (AvgIpc) is 3.01. The van der Waals surface area contributed by atoms with Crippen LogP contribution in [-0.4, -0.2) is 17.6 Å². The van der Waals surface area contributed by atoms with Crippen LogP contribution in [0.3, 0.4) is 0 Å². The van der Waals surface area contributed by atoms with Gasteiger partial charge >= 0.3 is 5.13 Å². The summed E-state index contributed by atoms with van der Waals surface area (Å²) in [7, 11) is 0. The molecule has 1 aliphatic rings. The number of rotatable bonds is 2.